The summed E-state index contributed by atoms with van der Waals surface area (Å²) in [7, 11) is 0. The first-order valence-electron chi connectivity index (χ1n) is 8.02. The van der Waals surface area contributed by atoms with Crippen LogP contribution >= 0.6 is 11.3 Å². The van der Waals surface area contributed by atoms with Gasteiger partial charge in [0.05, 0.1) is 0 Å². The van der Waals surface area contributed by atoms with E-state index in [1.165, 1.54) is 41.7 Å². The Morgan fingerprint density at radius 1 is 1.14 bits per heavy atom. The lowest BCUT2D eigenvalue weighted by atomic mass is 9.97. The van der Waals surface area contributed by atoms with Crippen molar-refractivity contribution in [2.45, 2.75) is 52.1 Å². The summed E-state index contributed by atoms with van der Waals surface area (Å²) in [5.74, 6) is 0.645. The molecule has 3 rings (SSSR count). The second kappa shape index (κ2) is 6.33. The van der Waals surface area contributed by atoms with Gasteiger partial charge in [-0.05, 0) is 60.8 Å². The fourth-order valence-corrected chi connectivity index (χ4v) is 4.45. The molecule has 0 aliphatic heterocycles. The highest BCUT2D eigenvalue weighted by atomic mass is 32.1. The van der Waals surface area contributed by atoms with Crippen LogP contribution in [0.15, 0.2) is 30.3 Å². The maximum atomic E-state index is 10.7. The Labute approximate surface area is 131 Å². The maximum absolute atomic E-state index is 10.7. The van der Waals surface area contributed by atoms with Crippen LogP contribution in [-0.2, 0) is 19.3 Å². The Morgan fingerprint density at radius 3 is 2.71 bits per heavy atom. The molecule has 1 heterocycles. The monoisotopic (exact) mass is 300 g/mol. The van der Waals surface area contributed by atoms with E-state index in [1.54, 1.807) is 0 Å². The average molecular weight is 300 g/mol. The number of rotatable bonds is 4. The highest BCUT2D eigenvalue weighted by molar-refractivity contribution is 7.12. The Bertz CT molecular complexity index is 588. The molecule has 0 bridgehead atoms. The second-order valence-electron chi connectivity index (χ2n) is 6.55. The molecule has 2 heteroatoms. The summed E-state index contributed by atoms with van der Waals surface area (Å²) in [6, 6.07) is 10.7. The number of fused-ring (bicyclic) bond motifs is 1. The summed E-state index contributed by atoms with van der Waals surface area (Å²) in [4.78, 5) is 2.61. The van der Waals surface area contributed by atoms with E-state index in [0.717, 1.165) is 16.9 Å². The minimum absolute atomic E-state index is 0.465. The van der Waals surface area contributed by atoms with Gasteiger partial charge in [0, 0.05) is 9.75 Å². The molecule has 0 saturated heterocycles. The predicted octanol–water partition coefficient (Wildman–Crippen LogP) is 4.91. The van der Waals surface area contributed by atoms with E-state index in [-0.39, 0.29) is 0 Å². The minimum Gasteiger partial charge on any atom is -0.383 e. The predicted molar refractivity (Wildman–Crippen MR) is 90.0 cm³/mol. The molecule has 112 valence electrons. The fraction of sp³-hybridized carbons (Fsp3) is 0.474. The SMILES string of the molecule is CC(C)Cc1cccc(C(O)c2cc3c(s2)CCCC3)c1. The average Bonchev–Trinajstić information content (AvgIpc) is 2.90. The van der Waals surface area contributed by atoms with Crippen LogP contribution in [-0.4, -0.2) is 5.11 Å². The molecule has 1 unspecified atom stereocenters. The summed E-state index contributed by atoms with van der Waals surface area (Å²) < 4.78 is 0. The van der Waals surface area contributed by atoms with Crippen molar-refractivity contribution in [3.05, 3.63) is 56.8 Å². The first kappa shape index (κ1) is 14.8. The molecule has 0 fully saturated rings. The highest BCUT2D eigenvalue weighted by Gasteiger charge is 2.19. The normalized spacial score (nSPS) is 16.0. The highest BCUT2D eigenvalue weighted by Crippen LogP contribution is 2.35. The molecule has 0 spiro atoms. The molecule has 1 aromatic carbocycles. The van der Waals surface area contributed by atoms with Crippen molar-refractivity contribution in [3.63, 3.8) is 0 Å². The Kier molecular flexibility index (Phi) is 4.46. The summed E-state index contributed by atoms with van der Waals surface area (Å²) in [5.41, 5.74) is 3.83. The number of aliphatic hydroxyl groups is 1. The van der Waals surface area contributed by atoms with Crippen LogP contribution in [0.4, 0.5) is 0 Å². The summed E-state index contributed by atoms with van der Waals surface area (Å²) in [6.07, 6.45) is 5.58. The summed E-state index contributed by atoms with van der Waals surface area (Å²) in [6.45, 7) is 4.47. The van der Waals surface area contributed by atoms with Crippen molar-refractivity contribution >= 4 is 11.3 Å². The number of aliphatic hydroxyl groups excluding tert-OH is 1. The Balaban J connectivity index is 1.84. The van der Waals surface area contributed by atoms with Gasteiger partial charge in [-0.1, -0.05) is 38.1 Å². The van der Waals surface area contributed by atoms with Crippen LogP contribution in [0.2, 0.25) is 0 Å². The minimum atomic E-state index is -0.465. The van der Waals surface area contributed by atoms with E-state index >= 15 is 0 Å². The van der Waals surface area contributed by atoms with E-state index in [1.807, 2.05) is 17.4 Å². The molecule has 21 heavy (non-hydrogen) atoms. The van der Waals surface area contributed by atoms with Gasteiger partial charge in [0.25, 0.3) is 0 Å². The lowest BCUT2D eigenvalue weighted by Gasteiger charge is -2.12. The standard InChI is InChI=1S/C19H24OS/c1-13(2)10-14-6-5-8-16(11-14)19(20)18-12-15-7-3-4-9-17(15)21-18/h5-6,8,11-13,19-20H,3-4,7,9-10H2,1-2H3. The molecule has 0 amide bonds. The lowest BCUT2D eigenvalue weighted by molar-refractivity contribution is 0.224. The molecular formula is C19H24OS. The Hall–Kier alpha value is -1.12. The molecule has 1 atom stereocenters. The first-order chi connectivity index (χ1) is 10.1. The molecular weight excluding hydrogens is 276 g/mol. The van der Waals surface area contributed by atoms with Crippen LogP contribution in [0.3, 0.4) is 0 Å². The molecule has 1 aliphatic carbocycles. The van der Waals surface area contributed by atoms with Crippen molar-refractivity contribution in [1.82, 2.24) is 0 Å². The molecule has 2 aromatic rings. The van der Waals surface area contributed by atoms with Crippen molar-refractivity contribution in [2.75, 3.05) is 0 Å². The lowest BCUT2D eigenvalue weighted by Crippen LogP contribution is -2.00. The van der Waals surface area contributed by atoms with Gasteiger partial charge in [0.2, 0.25) is 0 Å². The van der Waals surface area contributed by atoms with Crippen LogP contribution in [0.5, 0.6) is 0 Å². The largest absolute Gasteiger partial charge is 0.383 e. The van der Waals surface area contributed by atoms with Gasteiger partial charge >= 0.3 is 0 Å². The summed E-state index contributed by atoms with van der Waals surface area (Å²) >= 11 is 1.81. The number of benzene rings is 1. The van der Waals surface area contributed by atoms with E-state index < -0.39 is 6.10 Å². The zero-order valence-electron chi connectivity index (χ0n) is 12.9. The van der Waals surface area contributed by atoms with Gasteiger partial charge in [-0.15, -0.1) is 11.3 Å². The van der Waals surface area contributed by atoms with E-state index in [2.05, 4.69) is 38.1 Å². The number of aryl methyl sites for hydroxylation is 2. The van der Waals surface area contributed by atoms with E-state index in [9.17, 15) is 5.11 Å². The Morgan fingerprint density at radius 2 is 1.95 bits per heavy atom. The van der Waals surface area contributed by atoms with E-state index in [4.69, 9.17) is 0 Å². The van der Waals surface area contributed by atoms with Crippen molar-refractivity contribution in [1.29, 1.82) is 0 Å². The molecule has 1 aliphatic rings. The molecule has 0 saturated carbocycles. The van der Waals surface area contributed by atoms with Gasteiger partial charge in [-0.3, -0.25) is 0 Å². The maximum Gasteiger partial charge on any atom is 0.113 e. The van der Waals surface area contributed by atoms with Crippen molar-refractivity contribution in [3.8, 4) is 0 Å². The second-order valence-corrected chi connectivity index (χ2v) is 7.72. The van der Waals surface area contributed by atoms with E-state index in [0.29, 0.717) is 5.92 Å². The quantitative estimate of drug-likeness (QED) is 0.851. The van der Waals surface area contributed by atoms with Gasteiger partial charge in [0.15, 0.2) is 0 Å². The van der Waals surface area contributed by atoms with Gasteiger partial charge in [-0.25, -0.2) is 0 Å². The van der Waals surface area contributed by atoms with Crippen molar-refractivity contribution < 1.29 is 5.11 Å². The topological polar surface area (TPSA) is 20.2 Å². The molecule has 1 N–H and O–H groups in total. The number of hydrogen-bond acceptors (Lipinski definition) is 2. The third-order valence-electron chi connectivity index (χ3n) is 4.20. The van der Waals surface area contributed by atoms with Crippen LogP contribution in [0, 0.1) is 5.92 Å². The molecule has 1 nitrogen and oxygen atoms in total. The van der Waals surface area contributed by atoms with Gasteiger partial charge < -0.3 is 5.11 Å². The number of hydrogen-bond donors (Lipinski definition) is 1. The third-order valence-corrected chi connectivity index (χ3v) is 5.49. The zero-order chi connectivity index (χ0) is 14.8. The fourth-order valence-electron chi connectivity index (χ4n) is 3.17. The van der Waals surface area contributed by atoms with Crippen LogP contribution in [0.1, 0.15) is 59.2 Å². The third kappa shape index (κ3) is 3.38. The molecule has 1 aromatic heterocycles. The van der Waals surface area contributed by atoms with Crippen LogP contribution < -0.4 is 0 Å². The van der Waals surface area contributed by atoms with Crippen molar-refractivity contribution in [2.24, 2.45) is 5.92 Å². The van der Waals surface area contributed by atoms with Crippen LogP contribution in [0.25, 0.3) is 0 Å². The first-order valence-corrected chi connectivity index (χ1v) is 8.83. The van der Waals surface area contributed by atoms with Gasteiger partial charge in [0.1, 0.15) is 6.10 Å². The molecule has 0 radical (unpaired) electrons. The summed E-state index contributed by atoms with van der Waals surface area (Å²) in [5, 5.41) is 10.7. The smallest absolute Gasteiger partial charge is 0.113 e. The van der Waals surface area contributed by atoms with Gasteiger partial charge in [-0.2, -0.15) is 0 Å². The number of thiophene rings is 1. The zero-order valence-corrected chi connectivity index (χ0v) is 13.7.